The van der Waals surface area contributed by atoms with E-state index in [4.69, 9.17) is 4.74 Å². The van der Waals surface area contributed by atoms with Crippen molar-refractivity contribution in [1.82, 2.24) is 15.1 Å². The number of ether oxygens (including phenoxy) is 1. The lowest BCUT2D eigenvalue weighted by Crippen LogP contribution is -2.56. The maximum atomic E-state index is 13.8. The minimum Gasteiger partial charge on any atom is -0.381 e. The van der Waals surface area contributed by atoms with Crippen molar-refractivity contribution in [2.75, 3.05) is 26.3 Å². The molecule has 1 saturated carbocycles. The number of nitrogens with one attached hydrogen (secondary N) is 1. The molecule has 0 radical (unpaired) electrons. The summed E-state index contributed by atoms with van der Waals surface area (Å²) in [5.41, 5.74) is -0.250. The second kappa shape index (κ2) is 8.18. The van der Waals surface area contributed by atoms with E-state index in [2.05, 4.69) is 24.1 Å². The molecule has 164 valence electrons. The van der Waals surface area contributed by atoms with Gasteiger partial charge in [-0.1, -0.05) is 27.7 Å². The quantitative estimate of drug-likeness (QED) is 0.763. The van der Waals surface area contributed by atoms with E-state index in [1.807, 2.05) is 18.7 Å². The molecule has 4 rings (SSSR count). The summed E-state index contributed by atoms with van der Waals surface area (Å²) in [5, 5.41) is 3.84. The van der Waals surface area contributed by atoms with E-state index in [1.54, 1.807) is 0 Å². The molecule has 3 saturated heterocycles. The molecule has 0 aromatic heterocycles. The Labute approximate surface area is 175 Å². The van der Waals surface area contributed by atoms with Crippen molar-refractivity contribution in [2.24, 2.45) is 17.3 Å². The van der Waals surface area contributed by atoms with Crippen LogP contribution in [0.1, 0.15) is 66.2 Å². The molecule has 1 aliphatic carbocycles. The third-order valence-electron chi connectivity index (χ3n) is 8.05. The van der Waals surface area contributed by atoms with Gasteiger partial charge in [-0.05, 0) is 44.4 Å². The SMILES string of the molecule is CC(C)C(=O)N1C[C@@H]2C[C@H]1CN2C(=O)[C@@]1(C(C)C)CC[C@@H](NC2CCOCC2)C1. The molecule has 0 aromatic carbocycles. The summed E-state index contributed by atoms with van der Waals surface area (Å²) in [6, 6.07) is 1.41. The maximum Gasteiger partial charge on any atom is 0.229 e. The standard InChI is InChI=1S/C23H39N3O3/c1-15(2)21(27)25-13-20-11-19(25)14-26(20)22(28)23(16(3)4)8-5-18(12-23)24-17-6-9-29-10-7-17/h15-20,24H,5-14H2,1-4H3/t18-,19+,20+,23+/m1/s1. The van der Waals surface area contributed by atoms with Crippen LogP contribution in [0, 0.1) is 17.3 Å². The third kappa shape index (κ3) is 3.83. The van der Waals surface area contributed by atoms with Crippen molar-refractivity contribution in [2.45, 2.75) is 90.4 Å². The highest BCUT2D eigenvalue weighted by Crippen LogP contribution is 2.48. The number of likely N-dealkylation sites (tertiary alicyclic amines) is 2. The normalized spacial score (nSPS) is 35.3. The van der Waals surface area contributed by atoms with Gasteiger partial charge in [0.1, 0.15) is 0 Å². The van der Waals surface area contributed by atoms with Crippen LogP contribution >= 0.6 is 0 Å². The Morgan fingerprint density at radius 3 is 2.21 bits per heavy atom. The fourth-order valence-electron chi connectivity index (χ4n) is 6.18. The minimum absolute atomic E-state index is 0.0346. The van der Waals surface area contributed by atoms with Gasteiger partial charge in [-0.3, -0.25) is 9.59 Å². The highest BCUT2D eigenvalue weighted by molar-refractivity contribution is 5.85. The zero-order chi connectivity index (χ0) is 20.8. The van der Waals surface area contributed by atoms with Gasteiger partial charge >= 0.3 is 0 Å². The van der Waals surface area contributed by atoms with Crippen molar-refractivity contribution in [3.63, 3.8) is 0 Å². The molecule has 29 heavy (non-hydrogen) atoms. The summed E-state index contributed by atoms with van der Waals surface area (Å²) >= 11 is 0. The van der Waals surface area contributed by atoms with Crippen molar-refractivity contribution in [3.8, 4) is 0 Å². The lowest BCUT2D eigenvalue weighted by atomic mass is 9.74. The smallest absolute Gasteiger partial charge is 0.229 e. The fraction of sp³-hybridized carbons (Fsp3) is 0.913. The van der Waals surface area contributed by atoms with Crippen LogP contribution in [-0.4, -0.2) is 72.1 Å². The third-order valence-corrected chi connectivity index (χ3v) is 8.05. The van der Waals surface area contributed by atoms with E-state index in [-0.39, 0.29) is 29.3 Å². The number of amides is 2. The van der Waals surface area contributed by atoms with Crippen molar-refractivity contribution in [3.05, 3.63) is 0 Å². The van der Waals surface area contributed by atoms with Gasteiger partial charge in [0.05, 0.1) is 17.5 Å². The summed E-state index contributed by atoms with van der Waals surface area (Å²) < 4.78 is 5.49. The molecule has 4 atom stereocenters. The Kier molecular flexibility index (Phi) is 5.95. The predicted octanol–water partition coefficient (Wildman–Crippen LogP) is 2.42. The van der Waals surface area contributed by atoms with Gasteiger partial charge in [-0.2, -0.15) is 0 Å². The summed E-state index contributed by atoms with van der Waals surface area (Å²) in [6.45, 7) is 11.5. The van der Waals surface area contributed by atoms with Gasteiger partial charge in [-0.15, -0.1) is 0 Å². The van der Waals surface area contributed by atoms with Gasteiger partial charge in [0.15, 0.2) is 0 Å². The predicted molar refractivity (Wildman–Crippen MR) is 112 cm³/mol. The molecule has 6 heteroatoms. The number of nitrogens with zero attached hydrogens (tertiary/aromatic N) is 2. The zero-order valence-corrected chi connectivity index (χ0v) is 18.7. The monoisotopic (exact) mass is 405 g/mol. The van der Waals surface area contributed by atoms with Crippen LogP contribution in [0.4, 0.5) is 0 Å². The second-order valence-corrected chi connectivity index (χ2v) is 10.5. The number of carbonyl (C=O) groups is 2. The average molecular weight is 406 g/mol. The number of hydrogen-bond donors (Lipinski definition) is 1. The molecular weight excluding hydrogens is 366 g/mol. The molecule has 2 bridgehead atoms. The molecule has 4 aliphatic rings. The Balaban J connectivity index is 1.41. The van der Waals surface area contributed by atoms with Gasteiger partial charge in [0.2, 0.25) is 11.8 Å². The molecule has 6 nitrogen and oxygen atoms in total. The first-order chi connectivity index (χ1) is 13.8. The number of hydrogen-bond acceptors (Lipinski definition) is 4. The maximum absolute atomic E-state index is 13.8. The van der Waals surface area contributed by atoms with Gasteiger partial charge in [0, 0.05) is 44.3 Å². The first-order valence-electron chi connectivity index (χ1n) is 11.8. The number of carbonyl (C=O) groups excluding carboxylic acids is 2. The Bertz CT molecular complexity index is 631. The largest absolute Gasteiger partial charge is 0.381 e. The molecular formula is C23H39N3O3. The Morgan fingerprint density at radius 2 is 1.62 bits per heavy atom. The van der Waals surface area contributed by atoms with Gasteiger partial charge in [-0.25, -0.2) is 0 Å². The van der Waals surface area contributed by atoms with Crippen LogP contribution in [-0.2, 0) is 14.3 Å². The van der Waals surface area contributed by atoms with Crippen LogP contribution < -0.4 is 5.32 Å². The van der Waals surface area contributed by atoms with Crippen LogP contribution in [0.3, 0.4) is 0 Å². The summed E-state index contributed by atoms with van der Waals surface area (Å²) in [6.07, 6.45) is 6.13. The van der Waals surface area contributed by atoms with Crippen LogP contribution in [0.25, 0.3) is 0 Å². The summed E-state index contributed by atoms with van der Waals surface area (Å²) in [5.74, 6) is 0.967. The zero-order valence-electron chi connectivity index (χ0n) is 18.7. The first kappa shape index (κ1) is 21.1. The molecule has 0 unspecified atom stereocenters. The van der Waals surface area contributed by atoms with E-state index >= 15 is 0 Å². The van der Waals surface area contributed by atoms with E-state index in [0.717, 1.165) is 64.8 Å². The molecule has 0 spiro atoms. The van der Waals surface area contributed by atoms with E-state index in [1.165, 1.54) is 0 Å². The Hall–Kier alpha value is -1.14. The lowest BCUT2D eigenvalue weighted by molar-refractivity contribution is -0.150. The van der Waals surface area contributed by atoms with E-state index < -0.39 is 0 Å². The topological polar surface area (TPSA) is 61.9 Å². The van der Waals surface area contributed by atoms with Gasteiger partial charge in [0.25, 0.3) is 0 Å². The molecule has 2 amide bonds. The van der Waals surface area contributed by atoms with Gasteiger partial charge < -0.3 is 19.9 Å². The number of rotatable bonds is 5. The highest BCUT2D eigenvalue weighted by Gasteiger charge is 2.55. The van der Waals surface area contributed by atoms with Crippen LogP contribution in [0.2, 0.25) is 0 Å². The molecule has 4 fully saturated rings. The molecule has 3 aliphatic heterocycles. The molecule has 0 aromatic rings. The first-order valence-corrected chi connectivity index (χ1v) is 11.8. The van der Waals surface area contributed by atoms with Crippen molar-refractivity contribution >= 4 is 11.8 Å². The minimum atomic E-state index is -0.250. The summed E-state index contributed by atoms with van der Waals surface area (Å²) in [4.78, 5) is 30.5. The van der Waals surface area contributed by atoms with Crippen LogP contribution in [0.5, 0.6) is 0 Å². The molecule has 3 heterocycles. The number of fused-ring (bicyclic) bond motifs is 2. The molecule has 1 N–H and O–H groups in total. The lowest BCUT2D eigenvalue weighted by Gasteiger charge is -2.42. The highest BCUT2D eigenvalue weighted by atomic mass is 16.5. The average Bonchev–Trinajstić information content (AvgIpc) is 3.42. The Morgan fingerprint density at radius 1 is 0.966 bits per heavy atom. The van der Waals surface area contributed by atoms with Crippen molar-refractivity contribution < 1.29 is 14.3 Å². The summed E-state index contributed by atoms with van der Waals surface area (Å²) in [7, 11) is 0. The fourth-order valence-corrected chi connectivity index (χ4v) is 6.18. The van der Waals surface area contributed by atoms with Crippen molar-refractivity contribution in [1.29, 1.82) is 0 Å². The number of piperazine rings is 1. The van der Waals surface area contributed by atoms with Crippen LogP contribution in [0.15, 0.2) is 0 Å². The van der Waals surface area contributed by atoms with E-state index in [0.29, 0.717) is 23.9 Å². The second-order valence-electron chi connectivity index (χ2n) is 10.5. The van der Waals surface area contributed by atoms with E-state index in [9.17, 15) is 9.59 Å².